The minimum absolute atomic E-state index is 0.117. The van der Waals surface area contributed by atoms with E-state index in [4.69, 9.17) is 23.2 Å². The van der Waals surface area contributed by atoms with Crippen molar-refractivity contribution in [1.29, 1.82) is 0 Å². The number of halogens is 2. The van der Waals surface area contributed by atoms with E-state index in [0.29, 0.717) is 10.0 Å². The summed E-state index contributed by atoms with van der Waals surface area (Å²) in [6, 6.07) is 14.2. The molecule has 3 rings (SSSR count). The molecule has 2 aromatic rings. The fourth-order valence-corrected chi connectivity index (χ4v) is 4.29. The van der Waals surface area contributed by atoms with Gasteiger partial charge in [-0.25, -0.2) is 0 Å². The van der Waals surface area contributed by atoms with Crippen LogP contribution in [0.15, 0.2) is 48.5 Å². The second kappa shape index (κ2) is 10.8. The quantitative estimate of drug-likeness (QED) is 0.618. The van der Waals surface area contributed by atoms with E-state index in [-0.39, 0.29) is 30.8 Å². The van der Waals surface area contributed by atoms with Gasteiger partial charge in [0.15, 0.2) is 0 Å². The monoisotopic (exact) mass is 446 g/mol. The van der Waals surface area contributed by atoms with E-state index in [1.54, 1.807) is 30.0 Å². The Morgan fingerprint density at radius 1 is 1.07 bits per heavy atom. The Kier molecular flexibility index (Phi) is 8.17. The van der Waals surface area contributed by atoms with Crippen LogP contribution in [-0.4, -0.2) is 28.8 Å². The summed E-state index contributed by atoms with van der Waals surface area (Å²) in [6.07, 6.45) is 5.66. The molecule has 2 aromatic carbocycles. The third-order valence-corrected chi connectivity index (χ3v) is 6.27. The second-order valence-electron chi connectivity index (χ2n) is 7.94. The third kappa shape index (κ3) is 6.23. The second-order valence-corrected chi connectivity index (χ2v) is 8.78. The van der Waals surface area contributed by atoms with Gasteiger partial charge in [0.25, 0.3) is 0 Å². The lowest BCUT2D eigenvalue weighted by Gasteiger charge is -2.31. The van der Waals surface area contributed by atoms with Gasteiger partial charge in [0.1, 0.15) is 6.04 Å². The number of hydrogen-bond acceptors (Lipinski definition) is 2. The predicted molar refractivity (Wildman–Crippen MR) is 122 cm³/mol. The van der Waals surface area contributed by atoms with E-state index >= 15 is 0 Å². The first-order chi connectivity index (χ1) is 14.4. The molecule has 160 valence electrons. The summed E-state index contributed by atoms with van der Waals surface area (Å²) in [4.78, 5) is 27.8. The molecule has 2 amide bonds. The number of nitrogens with one attached hydrogen (secondary N) is 1. The lowest BCUT2D eigenvalue weighted by Crippen LogP contribution is -2.50. The SMILES string of the molecule is C[C@@H](C(=O)NC1CCCCC1)N(Cc1ccccc1Cl)C(=O)Cc1cccc(Cl)c1. The molecular weight excluding hydrogens is 419 g/mol. The fraction of sp³-hybridized carbons (Fsp3) is 0.417. The molecule has 1 fully saturated rings. The summed E-state index contributed by atoms with van der Waals surface area (Å²) in [6.45, 7) is 2.06. The molecule has 1 aliphatic carbocycles. The standard InChI is InChI=1S/C24H28Cl2N2O2/c1-17(24(30)27-21-11-3-2-4-12-21)28(16-19-9-5-6-13-22(19)26)23(29)15-18-8-7-10-20(25)14-18/h5-10,13-14,17,21H,2-4,11-12,15-16H2,1H3,(H,27,30)/t17-/m0/s1. The molecule has 0 bridgehead atoms. The zero-order valence-electron chi connectivity index (χ0n) is 17.2. The highest BCUT2D eigenvalue weighted by Crippen LogP contribution is 2.21. The van der Waals surface area contributed by atoms with Gasteiger partial charge in [-0.05, 0) is 49.1 Å². The van der Waals surface area contributed by atoms with Crippen molar-refractivity contribution in [2.24, 2.45) is 0 Å². The highest BCUT2D eigenvalue weighted by molar-refractivity contribution is 6.31. The molecule has 1 N–H and O–H groups in total. The average molecular weight is 447 g/mol. The molecule has 0 heterocycles. The number of nitrogens with zero attached hydrogens (tertiary/aromatic N) is 1. The number of amides is 2. The summed E-state index contributed by atoms with van der Waals surface area (Å²) in [5, 5.41) is 4.31. The van der Waals surface area contributed by atoms with Crippen LogP contribution in [0.25, 0.3) is 0 Å². The Balaban J connectivity index is 1.77. The molecule has 0 saturated heterocycles. The molecule has 0 radical (unpaired) electrons. The van der Waals surface area contributed by atoms with Gasteiger partial charge in [0, 0.05) is 22.6 Å². The van der Waals surface area contributed by atoms with Crippen LogP contribution in [-0.2, 0) is 22.6 Å². The molecule has 0 aromatic heterocycles. The summed E-state index contributed by atoms with van der Waals surface area (Å²) in [7, 11) is 0. The van der Waals surface area contributed by atoms with E-state index in [9.17, 15) is 9.59 Å². The lowest BCUT2D eigenvalue weighted by molar-refractivity contribution is -0.140. The van der Waals surface area contributed by atoms with Gasteiger partial charge in [-0.2, -0.15) is 0 Å². The maximum absolute atomic E-state index is 13.2. The minimum atomic E-state index is -0.602. The van der Waals surface area contributed by atoms with Gasteiger partial charge >= 0.3 is 0 Å². The molecular formula is C24H28Cl2N2O2. The molecule has 0 unspecified atom stereocenters. The topological polar surface area (TPSA) is 49.4 Å². The smallest absolute Gasteiger partial charge is 0.242 e. The normalized spacial score (nSPS) is 15.4. The van der Waals surface area contributed by atoms with E-state index in [2.05, 4.69) is 5.32 Å². The molecule has 4 nitrogen and oxygen atoms in total. The highest BCUT2D eigenvalue weighted by Gasteiger charge is 2.28. The number of carbonyl (C=O) groups is 2. The molecule has 0 aliphatic heterocycles. The van der Waals surface area contributed by atoms with Crippen LogP contribution in [0.4, 0.5) is 0 Å². The number of hydrogen-bond donors (Lipinski definition) is 1. The summed E-state index contributed by atoms with van der Waals surface area (Å²) in [5.41, 5.74) is 1.63. The minimum Gasteiger partial charge on any atom is -0.352 e. The average Bonchev–Trinajstić information content (AvgIpc) is 2.73. The van der Waals surface area contributed by atoms with E-state index in [1.807, 2.05) is 30.3 Å². The van der Waals surface area contributed by atoms with Crippen LogP contribution in [0.5, 0.6) is 0 Å². The van der Waals surface area contributed by atoms with Crippen molar-refractivity contribution in [3.63, 3.8) is 0 Å². The molecule has 0 spiro atoms. The maximum Gasteiger partial charge on any atom is 0.242 e. The highest BCUT2D eigenvalue weighted by atomic mass is 35.5. The van der Waals surface area contributed by atoms with Gasteiger partial charge in [0.2, 0.25) is 11.8 Å². The summed E-state index contributed by atoms with van der Waals surface area (Å²) < 4.78 is 0. The predicted octanol–water partition coefficient (Wildman–Crippen LogP) is 5.40. The first-order valence-electron chi connectivity index (χ1n) is 10.5. The van der Waals surface area contributed by atoms with Crippen molar-refractivity contribution in [2.45, 2.75) is 64.1 Å². The molecule has 30 heavy (non-hydrogen) atoms. The third-order valence-electron chi connectivity index (χ3n) is 5.66. The molecule has 6 heteroatoms. The summed E-state index contributed by atoms with van der Waals surface area (Å²) in [5.74, 6) is -0.253. The van der Waals surface area contributed by atoms with Gasteiger partial charge in [-0.1, -0.05) is 72.8 Å². The zero-order chi connectivity index (χ0) is 21.5. The van der Waals surface area contributed by atoms with Crippen LogP contribution in [0.2, 0.25) is 10.0 Å². The fourth-order valence-electron chi connectivity index (χ4n) is 3.88. The van der Waals surface area contributed by atoms with Crippen LogP contribution >= 0.6 is 23.2 Å². The molecule has 1 saturated carbocycles. The van der Waals surface area contributed by atoms with Crippen molar-refractivity contribution in [3.05, 3.63) is 69.7 Å². The molecule has 1 atom stereocenters. The van der Waals surface area contributed by atoms with Gasteiger partial charge < -0.3 is 10.2 Å². The van der Waals surface area contributed by atoms with Crippen LogP contribution in [0, 0.1) is 0 Å². The number of rotatable bonds is 7. The Morgan fingerprint density at radius 3 is 2.50 bits per heavy atom. The molecule has 1 aliphatic rings. The van der Waals surface area contributed by atoms with E-state index < -0.39 is 6.04 Å². The Morgan fingerprint density at radius 2 is 1.80 bits per heavy atom. The van der Waals surface area contributed by atoms with Gasteiger partial charge in [-0.15, -0.1) is 0 Å². The van der Waals surface area contributed by atoms with Crippen LogP contribution in [0.3, 0.4) is 0 Å². The first-order valence-corrected chi connectivity index (χ1v) is 11.3. The van der Waals surface area contributed by atoms with E-state index in [0.717, 1.165) is 36.8 Å². The van der Waals surface area contributed by atoms with Crippen LogP contribution < -0.4 is 5.32 Å². The van der Waals surface area contributed by atoms with Crippen molar-refractivity contribution in [1.82, 2.24) is 10.2 Å². The Labute approximate surface area is 188 Å². The van der Waals surface area contributed by atoms with Gasteiger partial charge in [-0.3, -0.25) is 9.59 Å². The largest absolute Gasteiger partial charge is 0.352 e. The van der Waals surface area contributed by atoms with Crippen molar-refractivity contribution in [2.75, 3.05) is 0 Å². The van der Waals surface area contributed by atoms with E-state index in [1.165, 1.54) is 6.42 Å². The van der Waals surface area contributed by atoms with Crippen LogP contribution in [0.1, 0.15) is 50.2 Å². The van der Waals surface area contributed by atoms with Crippen molar-refractivity contribution in [3.8, 4) is 0 Å². The van der Waals surface area contributed by atoms with Gasteiger partial charge in [0.05, 0.1) is 6.42 Å². The zero-order valence-corrected chi connectivity index (χ0v) is 18.8. The van der Waals surface area contributed by atoms with Crippen molar-refractivity contribution < 1.29 is 9.59 Å². The first kappa shape index (κ1) is 22.6. The lowest BCUT2D eigenvalue weighted by atomic mass is 9.95. The number of carbonyl (C=O) groups excluding carboxylic acids is 2. The Bertz CT molecular complexity index is 881. The van der Waals surface area contributed by atoms with Crippen molar-refractivity contribution >= 4 is 35.0 Å². The maximum atomic E-state index is 13.2. The number of benzene rings is 2. The Hall–Kier alpha value is -2.04. The summed E-state index contributed by atoms with van der Waals surface area (Å²) >= 11 is 12.4.